The molecule has 0 aromatic heterocycles. The van der Waals surface area contributed by atoms with Gasteiger partial charge in [0.15, 0.2) is 8.32 Å². The lowest BCUT2D eigenvalue weighted by Gasteiger charge is -2.40. The summed E-state index contributed by atoms with van der Waals surface area (Å²) in [6, 6.07) is 3.40. The minimum atomic E-state index is -2.22. The van der Waals surface area contributed by atoms with Crippen LogP contribution in [0.5, 0.6) is 11.5 Å². The number of hydrogen-bond donors (Lipinski definition) is 1. The summed E-state index contributed by atoms with van der Waals surface area (Å²) < 4.78 is 18.9. The minimum absolute atomic E-state index is 0.0172. The molecule has 5 nitrogen and oxygen atoms in total. The Morgan fingerprint density at radius 1 is 0.833 bits per heavy atom. The van der Waals surface area contributed by atoms with Crippen molar-refractivity contribution < 1.29 is 23.5 Å². The molecule has 1 aromatic rings. The van der Waals surface area contributed by atoms with Gasteiger partial charge in [-0.3, -0.25) is 4.79 Å². The van der Waals surface area contributed by atoms with E-state index in [1.54, 1.807) is 12.1 Å². The van der Waals surface area contributed by atoms with Crippen LogP contribution < -0.4 is 4.43 Å². The molecule has 0 saturated heterocycles. The molecule has 0 fully saturated rings. The molecule has 1 aromatic carbocycles. The summed E-state index contributed by atoms with van der Waals surface area (Å²) in [5.41, 5.74) is 0.761. The fraction of sp³-hybridized carbons (Fsp3) is 0.759. The lowest BCUT2D eigenvalue weighted by atomic mass is 9.78. The maximum Gasteiger partial charge on any atom is 0.310 e. The number of benzene rings is 1. The first-order valence-electron chi connectivity index (χ1n) is 13.2. The van der Waals surface area contributed by atoms with Gasteiger partial charge in [-0.1, -0.05) is 55.4 Å². The Balaban J connectivity index is 3.54. The average Bonchev–Trinajstić information content (AvgIpc) is 2.56. The zero-order chi connectivity index (χ0) is 28.5. The van der Waals surface area contributed by atoms with E-state index < -0.39 is 22.2 Å². The average molecular weight is 539 g/mol. The zero-order valence-electron chi connectivity index (χ0n) is 25.9. The van der Waals surface area contributed by atoms with Gasteiger partial charge < -0.3 is 18.7 Å². The van der Waals surface area contributed by atoms with Crippen molar-refractivity contribution in [3.63, 3.8) is 0 Å². The van der Waals surface area contributed by atoms with E-state index in [-0.39, 0.29) is 33.6 Å². The predicted molar refractivity (Wildman–Crippen MR) is 156 cm³/mol. The first kappa shape index (κ1) is 32.7. The highest BCUT2D eigenvalue weighted by Crippen LogP contribution is 2.45. The minimum Gasteiger partial charge on any atom is -0.543 e. The Hall–Kier alpha value is -1.32. The molecule has 0 amide bonds. The van der Waals surface area contributed by atoms with Gasteiger partial charge in [0, 0.05) is 18.2 Å². The maximum atomic E-state index is 12.9. The maximum absolute atomic E-state index is 12.9. The summed E-state index contributed by atoms with van der Waals surface area (Å²) in [5, 5.41) is 10.8. The first-order valence-corrected chi connectivity index (χ1v) is 19.0. The molecular weight excluding hydrogens is 484 g/mol. The Bertz CT molecular complexity index is 913. The van der Waals surface area contributed by atoms with E-state index in [4.69, 9.17) is 13.6 Å². The molecule has 7 heteroatoms. The summed E-state index contributed by atoms with van der Waals surface area (Å²) in [6.07, 6.45) is 0.834. The second-order valence-electron chi connectivity index (χ2n) is 14.8. The quantitative estimate of drug-likeness (QED) is 0.253. The molecule has 0 unspecified atom stereocenters. The van der Waals surface area contributed by atoms with Gasteiger partial charge in [0.05, 0.1) is 6.42 Å². The van der Waals surface area contributed by atoms with E-state index in [0.717, 1.165) is 17.5 Å². The summed E-state index contributed by atoms with van der Waals surface area (Å²) in [7, 11) is -4.11. The normalized spacial score (nSPS) is 14.1. The number of carbonyl (C=O) groups is 1. The van der Waals surface area contributed by atoms with Gasteiger partial charge in [-0.2, -0.15) is 0 Å². The molecule has 1 N–H and O–H groups in total. The monoisotopic (exact) mass is 538 g/mol. The van der Waals surface area contributed by atoms with Crippen molar-refractivity contribution in [3.8, 4) is 11.5 Å². The van der Waals surface area contributed by atoms with Crippen molar-refractivity contribution in [3.05, 3.63) is 23.3 Å². The number of phenolic OH excluding ortho intramolecular Hbond substituents is 1. The van der Waals surface area contributed by atoms with Crippen LogP contribution in [-0.2, 0) is 25.8 Å². The second kappa shape index (κ2) is 10.8. The van der Waals surface area contributed by atoms with Gasteiger partial charge in [0.2, 0.25) is 8.32 Å². The van der Waals surface area contributed by atoms with Crippen LogP contribution in [0.2, 0.25) is 36.3 Å². The van der Waals surface area contributed by atoms with Crippen molar-refractivity contribution in [2.45, 2.75) is 136 Å². The van der Waals surface area contributed by atoms with Crippen molar-refractivity contribution in [2.24, 2.45) is 0 Å². The van der Waals surface area contributed by atoms with Crippen molar-refractivity contribution in [1.29, 1.82) is 0 Å². The van der Waals surface area contributed by atoms with Gasteiger partial charge in [-0.25, -0.2) is 0 Å². The van der Waals surface area contributed by atoms with E-state index in [1.807, 2.05) is 20.8 Å². The first-order chi connectivity index (χ1) is 15.8. The smallest absolute Gasteiger partial charge is 0.310 e. The Labute approximate surface area is 223 Å². The third-order valence-electron chi connectivity index (χ3n) is 7.77. The zero-order valence-corrected chi connectivity index (χ0v) is 27.9. The van der Waals surface area contributed by atoms with Gasteiger partial charge in [0.25, 0.3) is 0 Å². The Morgan fingerprint density at radius 3 is 1.78 bits per heavy atom. The number of aromatic hydroxyl groups is 1. The van der Waals surface area contributed by atoms with E-state index in [0.29, 0.717) is 12.4 Å². The summed E-state index contributed by atoms with van der Waals surface area (Å²) >= 11 is 0. The van der Waals surface area contributed by atoms with Crippen LogP contribution in [0.15, 0.2) is 12.1 Å². The highest BCUT2D eigenvalue weighted by Gasteiger charge is 2.42. The van der Waals surface area contributed by atoms with Crippen molar-refractivity contribution >= 4 is 22.6 Å². The van der Waals surface area contributed by atoms with E-state index in [1.165, 1.54) is 0 Å². The molecule has 0 spiro atoms. The standard InChI is InChI=1S/C29H54O5Si2/c1-26(2,3)33-24(31)19-21-18-22(30)20-23(34-36(14,15)28(7,8)9)25(21)29(10,11)16-17-32-35(12,13)27(4,5)6/h18,20,30H,16-17,19H2,1-15H3. The topological polar surface area (TPSA) is 65.0 Å². The van der Waals surface area contributed by atoms with E-state index in [2.05, 4.69) is 81.6 Å². The van der Waals surface area contributed by atoms with Crippen LogP contribution in [0.1, 0.15) is 93.7 Å². The van der Waals surface area contributed by atoms with E-state index >= 15 is 0 Å². The molecule has 0 heterocycles. The molecule has 0 aliphatic heterocycles. The Morgan fingerprint density at radius 2 is 1.33 bits per heavy atom. The van der Waals surface area contributed by atoms with Crippen LogP contribution in [0.4, 0.5) is 0 Å². The van der Waals surface area contributed by atoms with Gasteiger partial charge >= 0.3 is 5.97 Å². The number of carbonyl (C=O) groups excluding carboxylic acids is 1. The largest absolute Gasteiger partial charge is 0.543 e. The van der Waals surface area contributed by atoms with Crippen LogP contribution in [-0.4, -0.2) is 39.9 Å². The number of phenols is 1. The number of ether oxygens (including phenoxy) is 1. The second-order valence-corrected chi connectivity index (χ2v) is 24.4. The van der Waals surface area contributed by atoms with Crippen LogP contribution in [0, 0.1) is 0 Å². The van der Waals surface area contributed by atoms with Crippen molar-refractivity contribution in [2.75, 3.05) is 6.61 Å². The molecule has 0 aliphatic carbocycles. The lowest BCUT2D eigenvalue weighted by Crippen LogP contribution is -2.44. The van der Waals surface area contributed by atoms with E-state index in [9.17, 15) is 9.90 Å². The predicted octanol–water partition coefficient (Wildman–Crippen LogP) is 8.35. The van der Waals surface area contributed by atoms with Crippen molar-refractivity contribution in [1.82, 2.24) is 0 Å². The molecule has 36 heavy (non-hydrogen) atoms. The number of hydrogen-bond acceptors (Lipinski definition) is 5. The fourth-order valence-electron chi connectivity index (χ4n) is 3.51. The van der Waals surface area contributed by atoms with Crippen LogP contribution in [0.3, 0.4) is 0 Å². The highest BCUT2D eigenvalue weighted by molar-refractivity contribution is 6.75. The molecule has 1 rings (SSSR count). The van der Waals surface area contributed by atoms with Gasteiger partial charge in [-0.15, -0.1) is 0 Å². The highest BCUT2D eigenvalue weighted by atomic mass is 28.4. The molecule has 0 radical (unpaired) electrons. The molecule has 0 atom stereocenters. The third kappa shape index (κ3) is 8.91. The number of rotatable bonds is 9. The SMILES string of the molecule is CC(C)(C)OC(=O)Cc1cc(O)cc(O[Si](C)(C)C(C)(C)C)c1C(C)(C)CCO[Si](C)(C)C(C)(C)C. The van der Waals surface area contributed by atoms with Crippen LogP contribution >= 0.6 is 0 Å². The summed E-state index contributed by atoms with van der Waals surface area (Å²) in [6.45, 7) is 32.8. The summed E-state index contributed by atoms with van der Waals surface area (Å²) in [4.78, 5) is 12.9. The van der Waals surface area contributed by atoms with Crippen LogP contribution in [0.25, 0.3) is 0 Å². The summed E-state index contributed by atoms with van der Waals surface area (Å²) in [5.74, 6) is 0.442. The molecule has 208 valence electrons. The van der Waals surface area contributed by atoms with Gasteiger partial charge in [0.1, 0.15) is 17.1 Å². The molecule has 0 aliphatic rings. The lowest BCUT2D eigenvalue weighted by molar-refractivity contribution is -0.153. The molecule has 0 bridgehead atoms. The number of esters is 1. The third-order valence-corrected chi connectivity index (χ3v) is 16.6. The fourth-order valence-corrected chi connectivity index (χ4v) is 5.57. The Kier molecular flexibility index (Phi) is 9.83. The molecular formula is C29H54O5Si2. The van der Waals surface area contributed by atoms with Gasteiger partial charge in [-0.05, 0) is 80.5 Å². The molecule has 0 saturated carbocycles.